The SMILES string of the molecule is CCCCO[Si](OC)(OCC)c1cccc2ccccc12. The molecule has 4 heteroatoms. The molecule has 0 heterocycles. The zero-order chi connectivity index (χ0) is 15.1. The van der Waals surface area contributed by atoms with Crippen LogP contribution in [0.2, 0.25) is 0 Å². The Labute approximate surface area is 128 Å². The number of benzene rings is 2. The van der Waals surface area contributed by atoms with E-state index < -0.39 is 8.80 Å². The van der Waals surface area contributed by atoms with Gasteiger partial charge in [0.15, 0.2) is 0 Å². The van der Waals surface area contributed by atoms with E-state index in [9.17, 15) is 0 Å². The average molecular weight is 304 g/mol. The Bertz CT molecular complexity index is 567. The fraction of sp³-hybridized carbons (Fsp3) is 0.412. The van der Waals surface area contributed by atoms with Gasteiger partial charge in [-0.3, -0.25) is 0 Å². The lowest BCUT2D eigenvalue weighted by Gasteiger charge is -2.28. The van der Waals surface area contributed by atoms with Crippen LogP contribution in [-0.4, -0.2) is 29.1 Å². The molecule has 0 aliphatic rings. The molecule has 0 aromatic heterocycles. The van der Waals surface area contributed by atoms with Crippen molar-refractivity contribution >= 4 is 24.8 Å². The number of fused-ring (bicyclic) bond motifs is 1. The molecule has 1 atom stereocenters. The third-order valence-electron chi connectivity index (χ3n) is 3.51. The predicted molar refractivity (Wildman–Crippen MR) is 88.8 cm³/mol. The maximum Gasteiger partial charge on any atom is 0.537 e. The van der Waals surface area contributed by atoms with Crippen molar-refractivity contribution in [3.63, 3.8) is 0 Å². The summed E-state index contributed by atoms with van der Waals surface area (Å²) < 4.78 is 18.0. The third-order valence-corrected chi connectivity index (χ3v) is 6.40. The summed E-state index contributed by atoms with van der Waals surface area (Å²) in [6.45, 7) is 5.38. The van der Waals surface area contributed by atoms with Gasteiger partial charge < -0.3 is 13.3 Å². The third kappa shape index (κ3) is 3.52. The van der Waals surface area contributed by atoms with E-state index in [0.717, 1.165) is 23.4 Å². The molecule has 0 spiro atoms. The smallest absolute Gasteiger partial charge is 0.373 e. The zero-order valence-electron chi connectivity index (χ0n) is 13.1. The Balaban J connectivity index is 2.46. The molecular formula is C17H24O3Si. The van der Waals surface area contributed by atoms with Crippen molar-refractivity contribution in [2.45, 2.75) is 26.7 Å². The summed E-state index contributed by atoms with van der Waals surface area (Å²) in [6, 6.07) is 14.5. The number of hydrogen-bond acceptors (Lipinski definition) is 3. The fourth-order valence-corrected chi connectivity index (χ4v) is 4.96. The standard InChI is InChI=1S/C17H24O3Si/c1-4-6-14-20-21(18-3,19-5-2)17-13-9-11-15-10-7-8-12-16(15)17/h7-13H,4-6,14H2,1-3H3. The van der Waals surface area contributed by atoms with Crippen LogP contribution < -0.4 is 5.19 Å². The average Bonchev–Trinajstić information content (AvgIpc) is 2.54. The van der Waals surface area contributed by atoms with E-state index in [1.165, 1.54) is 5.39 Å². The fourth-order valence-electron chi connectivity index (χ4n) is 2.46. The molecule has 2 aromatic rings. The number of hydrogen-bond donors (Lipinski definition) is 0. The summed E-state index contributed by atoms with van der Waals surface area (Å²) in [7, 11) is -1.16. The molecule has 0 aliphatic heterocycles. The van der Waals surface area contributed by atoms with E-state index in [2.05, 4.69) is 31.2 Å². The summed E-state index contributed by atoms with van der Waals surface area (Å²) in [5.41, 5.74) is 0. The van der Waals surface area contributed by atoms with Gasteiger partial charge >= 0.3 is 8.80 Å². The quantitative estimate of drug-likeness (QED) is 0.552. The summed E-state index contributed by atoms with van der Waals surface area (Å²) in [5.74, 6) is 0. The van der Waals surface area contributed by atoms with E-state index in [4.69, 9.17) is 13.3 Å². The predicted octanol–water partition coefficient (Wildman–Crippen LogP) is 3.49. The highest BCUT2D eigenvalue weighted by molar-refractivity contribution is 6.77. The van der Waals surface area contributed by atoms with Gasteiger partial charge in [-0.15, -0.1) is 0 Å². The van der Waals surface area contributed by atoms with Gasteiger partial charge in [0.25, 0.3) is 0 Å². The monoisotopic (exact) mass is 304 g/mol. The molecule has 2 rings (SSSR count). The molecule has 0 radical (unpaired) electrons. The van der Waals surface area contributed by atoms with Crippen LogP contribution in [0.15, 0.2) is 42.5 Å². The van der Waals surface area contributed by atoms with Crippen molar-refractivity contribution in [1.82, 2.24) is 0 Å². The summed E-state index contributed by atoms with van der Waals surface area (Å²) >= 11 is 0. The van der Waals surface area contributed by atoms with Gasteiger partial charge in [-0.2, -0.15) is 0 Å². The van der Waals surface area contributed by atoms with Gasteiger partial charge in [-0.25, -0.2) is 0 Å². The van der Waals surface area contributed by atoms with Crippen LogP contribution >= 0.6 is 0 Å². The van der Waals surface area contributed by atoms with Crippen molar-refractivity contribution in [2.75, 3.05) is 20.3 Å². The number of rotatable bonds is 8. The first-order chi connectivity index (χ1) is 10.3. The van der Waals surface area contributed by atoms with Crippen LogP contribution in [0, 0.1) is 0 Å². The molecule has 0 saturated heterocycles. The molecule has 0 bridgehead atoms. The van der Waals surface area contributed by atoms with Gasteiger partial charge in [0, 0.05) is 25.5 Å². The number of unbranched alkanes of at least 4 members (excludes halogenated alkanes) is 1. The molecule has 0 aliphatic carbocycles. The second-order valence-corrected chi connectivity index (χ2v) is 7.56. The Morgan fingerprint density at radius 2 is 1.71 bits per heavy atom. The first-order valence-corrected chi connectivity index (χ1v) is 9.31. The second-order valence-electron chi connectivity index (χ2n) is 4.92. The Hall–Kier alpha value is -1.20. The summed E-state index contributed by atoms with van der Waals surface area (Å²) in [6.07, 6.45) is 2.10. The van der Waals surface area contributed by atoms with Crippen LogP contribution in [0.25, 0.3) is 10.8 Å². The minimum absolute atomic E-state index is 0.579. The van der Waals surface area contributed by atoms with Crippen LogP contribution in [0.4, 0.5) is 0 Å². The van der Waals surface area contributed by atoms with Crippen molar-refractivity contribution in [3.8, 4) is 0 Å². The topological polar surface area (TPSA) is 27.7 Å². The Morgan fingerprint density at radius 3 is 2.43 bits per heavy atom. The molecule has 21 heavy (non-hydrogen) atoms. The lowest BCUT2D eigenvalue weighted by Crippen LogP contribution is -2.56. The highest BCUT2D eigenvalue weighted by Gasteiger charge is 2.43. The first-order valence-electron chi connectivity index (χ1n) is 7.58. The van der Waals surface area contributed by atoms with E-state index in [1.807, 2.05) is 25.1 Å². The Kier molecular flexibility index (Phi) is 5.93. The van der Waals surface area contributed by atoms with Crippen molar-refractivity contribution in [1.29, 1.82) is 0 Å². The second kappa shape index (κ2) is 7.71. The Morgan fingerprint density at radius 1 is 0.952 bits per heavy atom. The highest BCUT2D eigenvalue weighted by atomic mass is 28.4. The molecule has 0 N–H and O–H groups in total. The van der Waals surface area contributed by atoms with Crippen LogP contribution in [0.5, 0.6) is 0 Å². The van der Waals surface area contributed by atoms with E-state index in [-0.39, 0.29) is 0 Å². The van der Waals surface area contributed by atoms with Crippen LogP contribution in [-0.2, 0) is 13.3 Å². The van der Waals surface area contributed by atoms with Crippen molar-refractivity contribution < 1.29 is 13.3 Å². The summed E-state index contributed by atoms with van der Waals surface area (Å²) in [4.78, 5) is 0. The van der Waals surface area contributed by atoms with Gasteiger partial charge in [-0.1, -0.05) is 55.8 Å². The van der Waals surface area contributed by atoms with E-state index in [1.54, 1.807) is 7.11 Å². The minimum atomic E-state index is -2.85. The largest absolute Gasteiger partial charge is 0.537 e. The lowest BCUT2D eigenvalue weighted by atomic mass is 10.1. The summed E-state index contributed by atoms with van der Waals surface area (Å²) in [5, 5.41) is 3.39. The van der Waals surface area contributed by atoms with Gasteiger partial charge in [0.2, 0.25) is 0 Å². The molecule has 1 unspecified atom stereocenters. The normalized spacial score (nSPS) is 14.2. The molecular weight excluding hydrogens is 280 g/mol. The maximum absolute atomic E-state index is 6.15. The van der Waals surface area contributed by atoms with Crippen LogP contribution in [0.3, 0.4) is 0 Å². The molecule has 0 fully saturated rings. The zero-order valence-corrected chi connectivity index (χ0v) is 14.1. The molecule has 0 saturated carbocycles. The maximum atomic E-state index is 6.15. The molecule has 0 amide bonds. The lowest BCUT2D eigenvalue weighted by molar-refractivity contribution is 0.0957. The van der Waals surface area contributed by atoms with Crippen LogP contribution in [0.1, 0.15) is 26.7 Å². The van der Waals surface area contributed by atoms with Gasteiger partial charge in [0.05, 0.1) is 0 Å². The van der Waals surface area contributed by atoms with E-state index >= 15 is 0 Å². The molecule has 114 valence electrons. The molecule has 3 nitrogen and oxygen atoms in total. The first kappa shape index (κ1) is 16.2. The van der Waals surface area contributed by atoms with Crippen molar-refractivity contribution in [3.05, 3.63) is 42.5 Å². The van der Waals surface area contributed by atoms with Crippen molar-refractivity contribution in [2.24, 2.45) is 0 Å². The molecule has 2 aromatic carbocycles. The van der Waals surface area contributed by atoms with Gasteiger partial charge in [-0.05, 0) is 24.1 Å². The highest BCUT2D eigenvalue weighted by Crippen LogP contribution is 2.18. The van der Waals surface area contributed by atoms with Gasteiger partial charge in [0.1, 0.15) is 0 Å². The van der Waals surface area contributed by atoms with E-state index in [0.29, 0.717) is 13.2 Å². The minimum Gasteiger partial charge on any atom is -0.373 e.